The van der Waals surface area contributed by atoms with E-state index in [-0.39, 0.29) is 29.8 Å². The summed E-state index contributed by atoms with van der Waals surface area (Å²) in [5, 5.41) is 0. The molecule has 0 bridgehead atoms. The lowest BCUT2D eigenvalue weighted by molar-refractivity contribution is -0.168. The Labute approximate surface area is 152 Å². The van der Waals surface area contributed by atoms with Crippen molar-refractivity contribution in [1.82, 2.24) is 0 Å². The average molecular weight is 355 g/mol. The first kappa shape index (κ1) is 20.9. The Bertz CT molecular complexity index is 588. The number of likely N-dealkylation sites (N-methyl/N-ethyl adjacent to an activating group) is 1. The number of hydrogen-bond donors (Lipinski definition) is 1. The Morgan fingerprint density at radius 2 is 2.04 bits per heavy atom. The van der Waals surface area contributed by atoms with Crippen molar-refractivity contribution < 1.29 is 9.53 Å². The summed E-state index contributed by atoms with van der Waals surface area (Å²) in [5.41, 5.74) is 7.37. The van der Waals surface area contributed by atoms with Crippen molar-refractivity contribution in [2.24, 2.45) is 11.1 Å². The van der Waals surface area contributed by atoms with E-state index in [0.29, 0.717) is 18.9 Å². The smallest absolute Gasteiger partial charge is 0.247 e. The molecule has 1 aliphatic rings. The number of ether oxygens (including phenoxy) is 1. The number of rotatable bonds is 5. The second-order valence-electron chi connectivity index (χ2n) is 7.46. The maximum absolute atomic E-state index is 13.0. The van der Waals surface area contributed by atoms with Gasteiger partial charge in [-0.3, -0.25) is 4.79 Å². The maximum atomic E-state index is 13.0. The van der Waals surface area contributed by atoms with Crippen LogP contribution >= 0.6 is 12.4 Å². The number of nitrogens with two attached hydrogens (primary N) is 1. The van der Waals surface area contributed by atoms with E-state index in [1.54, 1.807) is 11.9 Å². The van der Waals surface area contributed by atoms with E-state index in [0.717, 1.165) is 5.69 Å². The number of carbonyl (C=O) groups excluding carboxylic acids is 1. The van der Waals surface area contributed by atoms with Gasteiger partial charge in [0.1, 0.15) is 5.54 Å². The molecule has 4 nitrogen and oxygen atoms in total. The highest BCUT2D eigenvalue weighted by atomic mass is 35.5. The predicted molar refractivity (Wildman–Crippen MR) is 102 cm³/mol. The predicted octanol–water partition coefficient (Wildman–Crippen LogP) is 3.73. The van der Waals surface area contributed by atoms with Crippen LogP contribution in [0.1, 0.15) is 52.5 Å². The highest BCUT2D eigenvalue weighted by molar-refractivity contribution is 6.01. The molecule has 24 heavy (non-hydrogen) atoms. The first-order valence-electron chi connectivity index (χ1n) is 8.43. The summed E-state index contributed by atoms with van der Waals surface area (Å²) in [5.74, 6) is 0.382. The third-order valence-corrected chi connectivity index (χ3v) is 5.44. The molecule has 2 N–H and O–H groups in total. The van der Waals surface area contributed by atoms with E-state index in [4.69, 9.17) is 10.5 Å². The van der Waals surface area contributed by atoms with Crippen molar-refractivity contribution in [1.29, 1.82) is 0 Å². The molecule has 0 aromatic heterocycles. The first-order chi connectivity index (χ1) is 10.6. The van der Waals surface area contributed by atoms with Crippen LogP contribution in [-0.4, -0.2) is 31.2 Å². The Hall–Kier alpha value is -1.10. The molecule has 1 saturated carbocycles. The van der Waals surface area contributed by atoms with Crippen molar-refractivity contribution >= 4 is 24.0 Å². The molecule has 136 valence electrons. The van der Waals surface area contributed by atoms with Gasteiger partial charge in [0.2, 0.25) is 5.91 Å². The Morgan fingerprint density at radius 3 is 2.54 bits per heavy atom. The Balaban J connectivity index is 0.00000288. The van der Waals surface area contributed by atoms with E-state index in [1.807, 2.05) is 32.9 Å². The van der Waals surface area contributed by atoms with E-state index in [2.05, 4.69) is 26.0 Å². The molecule has 0 saturated heterocycles. The molecule has 0 heterocycles. The van der Waals surface area contributed by atoms with Crippen LogP contribution in [0.5, 0.6) is 0 Å². The van der Waals surface area contributed by atoms with Gasteiger partial charge in [-0.15, -0.1) is 12.4 Å². The molecule has 0 spiro atoms. The van der Waals surface area contributed by atoms with Gasteiger partial charge in [-0.25, -0.2) is 0 Å². The van der Waals surface area contributed by atoms with Gasteiger partial charge < -0.3 is 15.4 Å². The molecular weight excluding hydrogens is 324 g/mol. The molecule has 1 aliphatic carbocycles. The van der Waals surface area contributed by atoms with E-state index in [9.17, 15) is 4.79 Å². The van der Waals surface area contributed by atoms with Gasteiger partial charge in [0.25, 0.3) is 0 Å². The largest absolute Gasteiger partial charge is 0.378 e. The highest BCUT2D eigenvalue weighted by Gasteiger charge is 2.63. The van der Waals surface area contributed by atoms with Crippen LogP contribution in [0.15, 0.2) is 24.3 Å². The van der Waals surface area contributed by atoms with Gasteiger partial charge in [-0.1, -0.05) is 39.8 Å². The Kier molecular flexibility index (Phi) is 6.48. The van der Waals surface area contributed by atoms with Crippen LogP contribution in [0.25, 0.3) is 0 Å². The number of carbonyl (C=O) groups is 1. The van der Waals surface area contributed by atoms with Crippen LogP contribution in [0.2, 0.25) is 0 Å². The maximum Gasteiger partial charge on any atom is 0.247 e. The summed E-state index contributed by atoms with van der Waals surface area (Å²) < 4.78 is 5.72. The minimum absolute atomic E-state index is 0. The quantitative estimate of drug-likeness (QED) is 0.876. The summed E-state index contributed by atoms with van der Waals surface area (Å²) in [4.78, 5) is 14.7. The summed E-state index contributed by atoms with van der Waals surface area (Å²) in [7, 11) is 1.81. The molecule has 2 atom stereocenters. The number of halogens is 1. The lowest BCUT2D eigenvalue weighted by Crippen LogP contribution is -2.76. The van der Waals surface area contributed by atoms with E-state index in [1.165, 1.54) is 5.56 Å². The molecule has 2 rings (SSSR count). The standard InChI is InChI=1S/C19H30N2O2.ClH/c1-7-23-16-12-19(20,18(16,4)5)17(22)21(6)15-10-8-9-14(11-15)13(2)3;/h8-11,13,16H,7,12,20H2,1-6H3;1H. The summed E-state index contributed by atoms with van der Waals surface area (Å²) in [6.07, 6.45) is 0.609. The van der Waals surface area contributed by atoms with Crippen LogP contribution in [0.3, 0.4) is 0 Å². The third kappa shape index (κ3) is 3.32. The number of anilines is 1. The van der Waals surface area contributed by atoms with Crippen molar-refractivity contribution in [2.75, 3.05) is 18.6 Å². The van der Waals surface area contributed by atoms with Crippen LogP contribution in [0.4, 0.5) is 5.69 Å². The lowest BCUT2D eigenvalue weighted by Gasteiger charge is -2.58. The lowest BCUT2D eigenvalue weighted by atomic mass is 9.54. The third-order valence-electron chi connectivity index (χ3n) is 5.44. The van der Waals surface area contributed by atoms with E-state index < -0.39 is 5.54 Å². The Morgan fingerprint density at radius 1 is 1.42 bits per heavy atom. The molecule has 1 aromatic rings. The van der Waals surface area contributed by atoms with Crippen molar-refractivity contribution in [3.63, 3.8) is 0 Å². The van der Waals surface area contributed by atoms with Crippen molar-refractivity contribution in [2.45, 2.75) is 58.6 Å². The molecule has 1 fully saturated rings. The van der Waals surface area contributed by atoms with Crippen LogP contribution in [0, 0.1) is 5.41 Å². The fraction of sp³-hybridized carbons (Fsp3) is 0.632. The van der Waals surface area contributed by atoms with Crippen LogP contribution in [-0.2, 0) is 9.53 Å². The SMILES string of the molecule is CCOC1CC(N)(C(=O)N(C)c2cccc(C(C)C)c2)C1(C)C.Cl. The van der Waals surface area contributed by atoms with Crippen molar-refractivity contribution in [3.05, 3.63) is 29.8 Å². The molecular formula is C19H31ClN2O2. The summed E-state index contributed by atoms with van der Waals surface area (Å²) in [6.45, 7) is 10.9. The normalized spacial score (nSPS) is 24.9. The zero-order chi connectivity index (χ0) is 17.4. The van der Waals surface area contributed by atoms with Crippen LogP contribution < -0.4 is 10.6 Å². The zero-order valence-corrected chi connectivity index (χ0v) is 16.4. The van der Waals surface area contributed by atoms with Gasteiger partial charge >= 0.3 is 0 Å². The summed E-state index contributed by atoms with van der Waals surface area (Å²) in [6, 6.07) is 8.10. The monoisotopic (exact) mass is 354 g/mol. The second kappa shape index (κ2) is 7.42. The fourth-order valence-corrected chi connectivity index (χ4v) is 3.31. The molecule has 1 aromatic carbocycles. The van der Waals surface area contributed by atoms with Crippen molar-refractivity contribution in [3.8, 4) is 0 Å². The zero-order valence-electron chi connectivity index (χ0n) is 15.6. The molecule has 2 unspecified atom stereocenters. The molecule has 0 radical (unpaired) electrons. The number of hydrogen-bond acceptors (Lipinski definition) is 3. The highest BCUT2D eigenvalue weighted by Crippen LogP contribution is 2.50. The second-order valence-corrected chi connectivity index (χ2v) is 7.46. The molecule has 0 aliphatic heterocycles. The number of nitrogens with zero attached hydrogens (tertiary/aromatic N) is 1. The first-order valence-corrected chi connectivity index (χ1v) is 8.43. The number of amides is 1. The topological polar surface area (TPSA) is 55.6 Å². The molecule has 5 heteroatoms. The number of benzene rings is 1. The van der Waals surface area contributed by atoms with Gasteiger partial charge in [-0.05, 0) is 30.5 Å². The van der Waals surface area contributed by atoms with Gasteiger partial charge in [0.05, 0.1) is 6.10 Å². The van der Waals surface area contributed by atoms with Gasteiger partial charge in [0.15, 0.2) is 0 Å². The average Bonchev–Trinajstić information content (AvgIpc) is 2.53. The van der Waals surface area contributed by atoms with Gasteiger partial charge in [-0.2, -0.15) is 0 Å². The minimum Gasteiger partial charge on any atom is -0.378 e. The van der Waals surface area contributed by atoms with E-state index >= 15 is 0 Å². The summed E-state index contributed by atoms with van der Waals surface area (Å²) >= 11 is 0. The molecule has 1 amide bonds. The fourth-order valence-electron chi connectivity index (χ4n) is 3.31. The van der Waals surface area contributed by atoms with Gasteiger partial charge in [0, 0.05) is 31.2 Å². The minimum atomic E-state index is -0.880.